The topological polar surface area (TPSA) is 67.9 Å². The Morgan fingerprint density at radius 2 is 2.21 bits per heavy atom. The number of nitrogens with zero attached hydrogens (tertiary/aromatic N) is 3. The van der Waals surface area contributed by atoms with Crippen LogP contribution < -0.4 is 10.4 Å². The van der Waals surface area contributed by atoms with Gasteiger partial charge in [0.1, 0.15) is 11.8 Å². The van der Waals surface area contributed by atoms with Gasteiger partial charge in [-0.2, -0.15) is 10.2 Å². The summed E-state index contributed by atoms with van der Waals surface area (Å²) in [6.07, 6.45) is 1.46. The largest absolute Gasteiger partial charge is 0.496 e. The molecule has 0 fully saturated rings. The van der Waals surface area contributed by atoms with E-state index in [2.05, 4.69) is 20.9 Å². The average molecular weight is 320 g/mol. The molecule has 96 valence electrons. The van der Waals surface area contributed by atoms with Crippen LogP contribution in [0.1, 0.15) is 5.56 Å². The number of methoxy groups -OCH3 is 1. The third kappa shape index (κ3) is 2.51. The van der Waals surface area contributed by atoms with E-state index < -0.39 is 5.69 Å². The number of rotatable bonds is 2. The van der Waals surface area contributed by atoms with Crippen LogP contribution in [0.5, 0.6) is 5.75 Å². The highest BCUT2D eigenvalue weighted by molar-refractivity contribution is 9.10. The molecule has 0 atom stereocenters. The van der Waals surface area contributed by atoms with Crippen molar-refractivity contribution in [2.45, 2.75) is 0 Å². The summed E-state index contributed by atoms with van der Waals surface area (Å²) in [5.41, 5.74) is 0.824. The second-order valence-electron chi connectivity index (χ2n) is 3.85. The van der Waals surface area contributed by atoms with Crippen LogP contribution in [-0.4, -0.2) is 16.7 Å². The molecule has 0 amide bonds. The van der Waals surface area contributed by atoms with Gasteiger partial charge in [-0.25, -0.2) is 4.79 Å². The van der Waals surface area contributed by atoms with Gasteiger partial charge in [-0.15, -0.1) is 0 Å². The predicted octanol–water partition coefficient (Wildman–Crippen LogP) is 2.09. The van der Waals surface area contributed by atoms with Gasteiger partial charge in [-0.05, 0) is 18.2 Å². The summed E-state index contributed by atoms with van der Waals surface area (Å²) in [7, 11) is 3.08. The normalized spacial score (nSPS) is 10.0. The van der Waals surface area contributed by atoms with Gasteiger partial charge in [0, 0.05) is 23.3 Å². The SMILES string of the molecule is COc1ccc(Br)cc1-c1nc(=O)n(C)cc1C#N. The smallest absolute Gasteiger partial charge is 0.347 e. The van der Waals surface area contributed by atoms with Crippen molar-refractivity contribution in [3.05, 3.63) is 44.9 Å². The molecule has 0 unspecified atom stereocenters. The highest BCUT2D eigenvalue weighted by Crippen LogP contribution is 2.32. The minimum Gasteiger partial charge on any atom is -0.496 e. The number of halogens is 1. The summed E-state index contributed by atoms with van der Waals surface area (Å²) in [6.45, 7) is 0. The van der Waals surface area contributed by atoms with E-state index in [4.69, 9.17) is 4.74 Å². The fourth-order valence-corrected chi connectivity index (χ4v) is 2.06. The van der Waals surface area contributed by atoms with Crippen LogP contribution in [0.4, 0.5) is 0 Å². The molecule has 1 aromatic heterocycles. The Balaban J connectivity index is 2.79. The van der Waals surface area contributed by atoms with Crippen molar-refractivity contribution in [2.24, 2.45) is 7.05 Å². The first-order valence-corrected chi connectivity index (χ1v) is 6.18. The van der Waals surface area contributed by atoms with Gasteiger partial charge in [-0.1, -0.05) is 15.9 Å². The number of aryl methyl sites for hydroxylation is 1. The van der Waals surface area contributed by atoms with Crippen molar-refractivity contribution in [3.63, 3.8) is 0 Å². The van der Waals surface area contributed by atoms with Crippen molar-refractivity contribution in [3.8, 4) is 23.1 Å². The fourth-order valence-electron chi connectivity index (χ4n) is 1.70. The molecular formula is C13H10BrN3O2. The van der Waals surface area contributed by atoms with Crippen molar-refractivity contribution in [1.82, 2.24) is 9.55 Å². The van der Waals surface area contributed by atoms with Crippen molar-refractivity contribution < 1.29 is 4.74 Å². The molecule has 0 radical (unpaired) electrons. The van der Waals surface area contributed by atoms with E-state index in [9.17, 15) is 10.1 Å². The van der Waals surface area contributed by atoms with Crippen LogP contribution in [-0.2, 0) is 7.05 Å². The Morgan fingerprint density at radius 3 is 2.84 bits per heavy atom. The molecule has 6 heteroatoms. The molecule has 5 nitrogen and oxygen atoms in total. The lowest BCUT2D eigenvalue weighted by atomic mass is 10.1. The second kappa shape index (κ2) is 5.24. The first-order chi connectivity index (χ1) is 9.06. The van der Waals surface area contributed by atoms with Crippen LogP contribution in [0.3, 0.4) is 0 Å². The number of ether oxygens (including phenoxy) is 1. The molecule has 2 rings (SSSR count). The molecule has 2 aromatic rings. The van der Waals surface area contributed by atoms with Crippen LogP contribution in [0.2, 0.25) is 0 Å². The summed E-state index contributed by atoms with van der Waals surface area (Å²) in [5, 5.41) is 9.17. The van der Waals surface area contributed by atoms with Crippen LogP contribution >= 0.6 is 15.9 Å². The van der Waals surface area contributed by atoms with Gasteiger partial charge < -0.3 is 9.30 Å². The van der Waals surface area contributed by atoms with Crippen LogP contribution in [0, 0.1) is 11.3 Å². The third-order valence-corrected chi connectivity index (χ3v) is 3.12. The van der Waals surface area contributed by atoms with E-state index in [-0.39, 0.29) is 0 Å². The molecule has 0 spiro atoms. The van der Waals surface area contributed by atoms with Gasteiger partial charge >= 0.3 is 5.69 Å². The summed E-state index contributed by atoms with van der Waals surface area (Å²) < 4.78 is 7.33. The summed E-state index contributed by atoms with van der Waals surface area (Å²) in [5.74, 6) is 0.556. The number of hydrogen-bond donors (Lipinski definition) is 0. The van der Waals surface area contributed by atoms with Gasteiger partial charge in [-0.3, -0.25) is 0 Å². The third-order valence-electron chi connectivity index (χ3n) is 2.62. The summed E-state index contributed by atoms with van der Waals surface area (Å²) in [6, 6.07) is 7.37. The van der Waals surface area contributed by atoms with Gasteiger partial charge in [0.15, 0.2) is 0 Å². The average Bonchev–Trinajstić information content (AvgIpc) is 2.41. The zero-order chi connectivity index (χ0) is 14.0. The highest BCUT2D eigenvalue weighted by Gasteiger charge is 2.14. The lowest BCUT2D eigenvalue weighted by Gasteiger charge is -2.10. The van der Waals surface area contributed by atoms with Gasteiger partial charge in [0.25, 0.3) is 0 Å². The minimum absolute atomic E-state index is 0.318. The number of hydrogen-bond acceptors (Lipinski definition) is 4. The molecule has 1 heterocycles. The predicted molar refractivity (Wildman–Crippen MR) is 73.9 cm³/mol. The van der Waals surface area contributed by atoms with Gasteiger partial charge in [0.2, 0.25) is 0 Å². The standard InChI is InChI=1S/C13H10BrN3O2/c1-17-7-8(6-15)12(16-13(17)18)10-5-9(14)3-4-11(10)19-2/h3-5,7H,1-2H3. The maximum atomic E-state index is 11.7. The van der Waals surface area contributed by atoms with Crippen molar-refractivity contribution >= 4 is 15.9 Å². The Hall–Kier alpha value is -2.13. The molecule has 0 aliphatic rings. The minimum atomic E-state index is -0.420. The number of nitriles is 1. The molecule has 0 aliphatic heterocycles. The molecule has 0 saturated carbocycles. The second-order valence-corrected chi connectivity index (χ2v) is 4.77. The molecular weight excluding hydrogens is 310 g/mol. The molecule has 19 heavy (non-hydrogen) atoms. The van der Waals surface area contributed by atoms with Crippen LogP contribution in [0.25, 0.3) is 11.3 Å². The maximum absolute atomic E-state index is 11.7. The van der Waals surface area contributed by atoms with E-state index in [1.807, 2.05) is 12.1 Å². The first kappa shape index (κ1) is 13.3. The summed E-state index contributed by atoms with van der Waals surface area (Å²) in [4.78, 5) is 15.6. The monoisotopic (exact) mass is 319 g/mol. The molecule has 0 bridgehead atoms. The molecule has 0 saturated heterocycles. The van der Waals surface area contributed by atoms with E-state index in [0.29, 0.717) is 22.6 Å². The lowest BCUT2D eigenvalue weighted by Crippen LogP contribution is -2.21. The number of benzene rings is 1. The van der Waals surface area contributed by atoms with Crippen molar-refractivity contribution in [2.75, 3.05) is 7.11 Å². The van der Waals surface area contributed by atoms with Gasteiger partial charge in [0.05, 0.1) is 18.4 Å². The zero-order valence-electron chi connectivity index (χ0n) is 10.3. The molecule has 0 N–H and O–H groups in total. The fraction of sp³-hybridized carbons (Fsp3) is 0.154. The number of aromatic nitrogens is 2. The van der Waals surface area contributed by atoms with Crippen molar-refractivity contribution in [1.29, 1.82) is 5.26 Å². The van der Waals surface area contributed by atoms with E-state index in [1.54, 1.807) is 19.2 Å². The maximum Gasteiger partial charge on any atom is 0.347 e. The van der Waals surface area contributed by atoms with Crippen LogP contribution in [0.15, 0.2) is 33.7 Å². The Morgan fingerprint density at radius 1 is 1.47 bits per heavy atom. The molecule has 0 aliphatic carbocycles. The van der Waals surface area contributed by atoms with E-state index >= 15 is 0 Å². The first-order valence-electron chi connectivity index (χ1n) is 5.38. The quantitative estimate of drug-likeness (QED) is 0.850. The van der Waals surface area contributed by atoms with E-state index in [1.165, 1.54) is 17.9 Å². The lowest BCUT2D eigenvalue weighted by molar-refractivity contribution is 0.416. The zero-order valence-corrected chi connectivity index (χ0v) is 11.9. The Kier molecular flexibility index (Phi) is 3.67. The Bertz CT molecular complexity index is 732. The Labute approximate surface area is 118 Å². The summed E-state index contributed by atoms with van der Waals surface area (Å²) >= 11 is 3.35. The molecule has 1 aromatic carbocycles. The highest BCUT2D eigenvalue weighted by atomic mass is 79.9. The van der Waals surface area contributed by atoms with E-state index in [0.717, 1.165) is 4.47 Å².